The van der Waals surface area contributed by atoms with Crippen LogP contribution in [0.3, 0.4) is 0 Å². The normalized spacial score (nSPS) is 26.9. The summed E-state index contributed by atoms with van der Waals surface area (Å²) in [6.45, 7) is 8.13. The van der Waals surface area contributed by atoms with E-state index in [1.165, 1.54) is 9.75 Å². The molecule has 0 saturated carbocycles. The molecule has 140 valence electrons. The van der Waals surface area contributed by atoms with Crippen LogP contribution < -0.4 is 5.32 Å². The smallest absolute Gasteiger partial charge is 0.144 e. The first-order valence-electron chi connectivity index (χ1n) is 9.20. The van der Waals surface area contributed by atoms with Gasteiger partial charge in [0.2, 0.25) is 0 Å². The van der Waals surface area contributed by atoms with E-state index in [1.54, 1.807) is 18.6 Å². The highest BCUT2D eigenvalue weighted by molar-refractivity contribution is 7.11. The van der Waals surface area contributed by atoms with Gasteiger partial charge in [-0.3, -0.25) is 9.88 Å². The highest BCUT2D eigenvalue weighted by Gasteiger charge is 2.43. The van der Waals surface area contributed by atoms with Gasteiger partial charge in [0.15, 0.2) is 0 Å². The Morgan fingerprint density at radius 1 is 1.38 bits per heavy atom. The standard InChI is InChI=1S/C19H26N4O2S/c1-15-2-3-17(26-15)11-23-6-7-24-14-19(13-23)8-16(12-25-19)9-22-18-10-20-4-5-21-18/h2-5,10,16H,6-9,11-14H2,1H3,(H,21,22)/t16-,19-/m1/s1. The number of rotatable bonds is 5. The van der Waals surface area contributed by atoms with Crippen LogP contribution in [0.5, 0.6) is 0 Å². The number of aromatic nitrogens is 2. The van der Waals surface area contributed by atoms with Crippen LogP contribution in [0, 0.1) is 12.8 Å². The molecule has 2 aliphatic rings. The van der Waals surface area contributed by atoms with Crippen molar-refractivity contribution in [2.24, 2.45) is 5.92 Å². The van der Waals surface area contributed by atoms with Crippen molar-refractivity contribution in [3.05, 3.63) is 40.5 Å². The number of anilines is 1. The van der Waals surface area contributed by atoms with Gasteiger partial charge in [0, 0.05) is 54.2 Å². The first-order valence-corrected chi connectivity index (χ1v) is 10.0. The van der Waals surface area contributed by atoms with E-state index < -0.39 is 0 Å². The van der Waals surface area contributed by atoms with Crippen molar-refractivity contribution >= 4 is 17.2 Å². The summed E-state index contributed by atoms with van der Waals surface area (Å²) >= 11 is 1.88. The van der Waals surface area contributed by atoms with Crippen molar-refractivity contribution in [3.8, 4) is 0 Å². The largest absolute Gasteiger partial charge is 0.377 e. The summed E-state index contributed by atoms with van der Waals surface area (Å²) in [4.78, 5) is 13.6. The number of aryl methyl sites for hydroxylation is 1. The van der Waals surface area contributed by atoms with E-state index in [4.69, 9.17) is 9.47 Å². The second kappa shape index (κ2) is 8.00. The molecule has 2 aliphatic heterocycles. The SMILES string of the molecule is Cc1ccc(CN2CCOC[C@@]3(C[C@H](CNc4cnccn4)CO3)C2)s1. The Hall–Kier alpha value is -1.54. The zero-order valence-corrected chi connectivity index (χ0v) is 16.0. The lowest BCUT2D eigenvalue weighted by Gasteiger charge is -2.31. The van der Waals surface area contributed by atoms with Crippen LogP contribution in [0.2, 0.25) is 0 Å². The van der Waals surface area contributed by atoms with Gasteiger partial charge >= 0.3 is 0 Å². The molecular weight excluding hydrogens is 348 g/mol. The van der Waals surface area contributed by atoms with Gasteiger partial charge in [-0.15, -0.1) is 11.3 Å². The van der Waals surface area contributed by atoms with Crippen LogP contribution in [0.25, 0.3) is 0 Å². The maximum Gasteiger partial charge on any atom is 0.144 e. The zero-order valence-electron chi connectivity index (χ0n) is 15.2. The van der Waals surface area contributed by atoms with Gasteiger partial charge in [-0.25, -0.2) is 4.98 Å². The van der Waals surface area contributed by atoms with Crippen LogP contribution in [0.1, 0.15) is 16.2 Å². The fourth-order valence-corrected chi connectivity index (χ4v) is 4.76. The average molecular weight is 375 g/mol. The molecule has 4 rings (SSSR count). The summed E-state index contributed by atoms with van der Waals surface area (Å²) in [5, 5.41) is 3.37. The molecule has 1 N–H and O–H groups in total. The number of ether oxygens (including phenoxy) is 2. The highest BCUT2D eigenvalue weighted by atomic mass is 32.1. The van der Waals surface area contributed by atoms with Gasteiger partial charge in [0.05, 0.1) is 26.0 Å². The lowest BCUT2D eigenvalue weighted by Crippen LogP contribution is -2.43. The maximum atomic E-state index is 6.30. The van der Waals surface area contributed by atoms with Crippen molar-refractivity contribution in [1.29, 1.82) is 0 Å². The first-order chi connectivity index (χ1) is 12.7. The Kier molecular flexibility index (Phi) is 5.49. The molecule has 26 heavy (non-hydrogen) atoms. The number of thiophene rings is 1. The second-order valence-electron chi connectivity index (χ2n) is 7.31. The molecule has 0 aliphatic carbocycles. The molecule has 2 atom stereocenters. The lowest BCUT2D eigenvalue weighted by atomic mass is 9.94. The fourth-order valence-electron chi connectivity index (χ4n) is 3.83. The number of hydrogen-bond donors (Lipinski definition) is 1. The van der Waals surface area contributed by atoms with Crippen LogP contribution in [-0.4, -0.2) is 59.9 Å². The minimum Gasteiger partial charge on any atom is -0.377 e. The summed E-state index contributed by atoms with van der Waals surface area (Å²) in [7, 11) is 0. The van der Waals surface area contributed by atoms with Gasteiger partial charge in [-0.1, -0.05) is 0 Å². The van der Waals surface area contributed by atoms with E-state index in [9.17, 15) is 0 Å². The lowest BCUT2D eigenvalue weighted by molar-refractivity contribution is -0.0561. The summed E-state index contributed by atoms with van der Waals surface area (Å²) in [5.74, 6) is 1.28. The molecular formula is C19H26N4O2S. The van der Waals surface area contributed by atoms with Crippen LogP contribution in [0.15, 0.2) is 30.7 Å². The Morgan fingerprint density at radius 3 is 3.15 bits per heavy atom. The summed E-state index contributed by atoms with van der Waals surface area (Å²) in [6, 6.07) is 4.44. The van der Waals surface area contributed by atoms with E-state index in [1.807, 2.05) is 11.3 Å². The predicted molar refractivity (Wildman–Crippen MR) is 102 cm³/mol. The van der Waals surface area contributed by atoms with Crippen LogP contribution in [0.4, 0.5) is 5.82 Å². The monoisotopic (exact) mass is 374 g/mol. The molecule has 0 aromatic carbocycles. The number of hydrogen-bond acceptors (Lipinski definition) is 7. The minimum atomic E-state index is -0.183. The number of nitrogens with zero attached hydrogens (tertiary/aromatic N) is 3. The predicted octanol–water partition coefficient (Wildman–Crippen LogP) is 2.57. The van der Waals surface area contributed by atoms with Gasteiger partial charge < -0.3 is 14.8 Å². The van der Waals surface area contributed by atoms with Crippen molar-refractivity contribution in [2.45, 2.75) is 25.5 Å². The van der Waals surface area contributed by atoms with E-state index in [2.05, 4.69) is 39.2 Å². The second-order valence-corrected chi connectivity index (χ2v) is 8.68. The van der Waals surface area contributed by atoms with E-state index in [-0.39, 0.29) is 5.60 Å². The molecule has 2 saturated heterocycles. The molecule has 0 radical (unpaired) electrons. The fraction of sp³-hybridized carbons (Fsp3) is 0.579. The van der Waals surface area contributed by atoms with Crippen molar-refractivity contribution in [1.82, 2.24) is 14.9 Å². The molecule has 2 aromatic heterocycles. The van der Waals surface area contributed by atoms with E-state index in [0.29, 0.717) is 12.5 Å². The van der Waals surface area contributed by atoms with Gasteiger partial charge in [-0.2, -0.15) is 0 Å². The maximum absolute atomic E-state index is 6.30. The Labute approximate surface area is 158 Å². The average Bonchev–Trinajstić information content (AvgIpc) is 3.18. The summed E-state index contributed by atoms with van der Waals surface area (Å²) in [6.07, 6.45) is 6.16. The molecule has 7 heteroatoms. The quantitative estimate of drug-likeness (QED) is 0.868. The van der Waals surface area contributed by atoms with Crippen molar-refractivity contribution < 1.29 is 9.47 Å². The summed E-state index contributed by atoms with van der Waals surface area (Å²) in [5.41, 5.74) is -0.183. The molecule has 1 spiro atoms. The molecule has 0 unspecified atom stereocenters. The third-order valence-corrected chi connectivity index (χ3v) is 6.01. The van der Waals surface area contributed by atoms with Crippen molar-refractivity contribution in [3.63, 3.8) is 0 Å². The van der Waals surface area contributed by atoms with E-state index >= 15 is 0 Å². The molecule has 0 bridgehead atoms. The Bertz CT molecular complexity index is 711. The third kappa shape index (κ3) is 4.40. The van der Waals surface area contributed by atoms with Gasteiger partial charge in [-0.05, 0) is 25.5 Å². The van der Waals surface area contributed by atoms with Gasteiger partial charge in [0.1, 0.15) is 11.4 Å². The van der Waals surface area contributed by atoms with E-state index in [0.717, 1.165) is 51.6 Å². The Morgan fingerprint density at radius 2 is 2.35 bits per heavy atom. The Balaban J connectivity index is 1.34. The first kappa shape index (κ1) is 17.9. The highest BCUT2D eigenvalue weighted by Crippen LogP contribution is 2.33. The molecule has 2 fully saturated rings. The molecule has 2 aromatic rings. The molecule has 4 heterocycles. The zero-order chi connectivity index (χ0) is 17.8. The third-order valence-electron chi connectivity index (χ3n) is 5.03. The minimum absolute atomic E-state index is 0.183. The topological polar surface area (TPSA) is 59.5 Å². The number of nitrogens with one attached hydrogen (secondary N) is 1. The summed E-state index contributed by atoms with van der Waals surface area (Å²) < 4.78 is 12.2. The molecule has 6 nitrogen and oxygen atoms in total. The van der Waals surface area contributed by atoms with Crippen LogP contribution >= 0.6 is 11.3 Å². The van der Waals surface area contributed by atoms with Gasteiger partial charge in [0.25, 0.3) is 0 Å². The van der Waals surface area contributed by atoms with Crippen molar-refractivity contribution in [2.75, 3.05) is 44.8 Å². The van der Waals surface area contributed by atoms with Crippen LogP contribution in [-0.2, 0) is 16.0 Å². The molecule has 0 amide bonds.